The fourth-order valence-electron chi connectivity index (χ4n) is 1.81. The van der Waals surface area contributed by atoms with E-state index in [1.165, 1.54) is 12.0 Å². The van der Waals surface area contributed by atoms with Crippen LogP contribution in [0.15, 0.2) is 18.2 Å². The summed E-state index contributed by atoms with van der Waals surface area (Å²) in [5.74, 6) is -0.889. The SMILES string of the molecule is CCC(C)N(CC(=O)O)C(=O)c1ccc(OC)cc1N. The highest BCUT2D eigenvalue weighted by Gasteiger charge is 2.24. The number of nitrogen functional groups attached to an aromatic ring is 1. The van der Waals surface area contributed by atoms with E-state index >= 15 is 0 Å². The van der Waals surface area contributed by atoms with Crippen molar-refractivity contribution in [3.63, 3.8) is 0 Å². The number of carboxylic acids is 1. The molecule has 0 aliphatic rings. The van der Waals surface area contributed by atoms with Gasteiger partial charge in [0.05, 0.1) is 12.7 Å². The number of hydrogen-bond donors (Lipinski definition) is 2. The first-order valence-corrected chi connectivity index (χ1v) is 6.37. The lowest BCUT2D eigenvalue weighted by Gasteiger charge is -2.27. The second kappa shape index (κ2) is 6.79. The summed E-state index contributed by atoms with van der Waals surface area (Å²) >= 11 is 0. The molecule has 1 aromatic carbocycles. The molecule has 110 valence electrons. The summed E-state index contributed by atoms with van der Waals surface area (Å²) in [5, 5.41) is 8.93. The van der Waals surface area contributed by atoms with Gasteiger partial charge in [0.1, 0.15) is 12.3 Å². The average Bonchev–Trinajstić information content (AvgIpc) is 2.42. The molecule has 0 aromatic heterocycles. The number of aliphatic carboxylic acids is 1. The first-order chi connectivity index (χ1) is 9.40. The monoisotopic (exact) mass is 280 g/mol. The molecule has 0 heterocycles. The van der Waals surface area contributed by atoms with Crippen LogP contribution in [0.25, 0.3) is 0 Å². The molecule has 0 radical (unpaired) electrons. The lowest BCUT2D eigenvalue weighted by Crippen LogP contribution is -2.42. The van der Waals surface area contributed by atoms with Gasteiger partial charge in [0, 0.05) is 17.8 Å². The van der Waals surface area contributed by atoms with Crippen LogP contribution in [-0.4, -0.2) is 41.6 Å². The number of amides is 1. The van der Waals surface area contributed by atoms with E-state index in [2.05, 4.69) is 0 Å². The van der Waals surface area contributed by atoms with Crippen molar-refractivity contribution < 1.29 is 19.4 Å². The standard InChI is InChI=1S/C14H20N2O4/c1-4-9(2)16(8-13(17)18)14(19)11-6-5-10(20-3)7-12(11)15/h5-7,9H,4,8,15H2,1-3H3,(H,17,18). The van der Waals surface area contributed by atoms with Crippen LogP contribution < -0.4 is 10.5 Å². The average molecular weight is 280 g/mol. The molecular weight excluding hydrogens is 260 g/mol. The van der Waals surface area contributed by atoms with Crippen LogP contribution in [0.2, 0.25) is 0 Å². The summed E-state index contributed by atoms with van der Waals surface area (Å²) in [6.45, 7) is 3.35. The number of rotatable bonds is 6. The first kappa shape index (κ1) is 15.8. The quantitative estimate of drug-likeness (QED) is 0.772. The molecule has 0 saturated heterocycles. The van der Waals surface area contributed by atoms with Gasteiger partial charge in [-0.2, -0.15) is 0 Å². The number of carbonyl (C=O) groups is 2. The van der Waals surface area contributed by atoms with Crippen LogP contribution in [0.3, 0.4) is 0 Å². The van der Waals surface area contributed by atoms with Gasteiger partial charge in [-0.3, -0.25) is 9.59 Å². The Morgan fingerprint density at radius 3 is 2.55 bits per heavy atom. The Kier molecular flexibility index (Phi) is 5.37. The number of hydrogen-bond acceptors (Lipinski definition) is 4. The molecule has 6 nitrogen and oxygen atoms in total. The molecule has 0 spiro atoms. The maximum atomic E-state index is 12.4. The number of nitrogens with two attached hydrogens (primary N) is 1. The minimum absolute atomic E-state index is 0.180. The van der Waals surface area contributed by atoms with Crippen molar-refractivity contribution >= 4 is 17.6 Å². The lowest BCUT2D eigenvalue weighted by molar-refractivity contribution is -0.138. The van der Waals surface area contributed by atoms with Crippen molar-refractivity contribution in [1.29, 1.82) is 0 Å². The molecule has 0 saturated carbocycles. The Morgan fingerprint density at radius 1 is 1.45 bits per heavy atom. The minimum atomic E-state index is -1.05. The third kappa shape index (κ3) is 3.63. The van der Waals surface area contributed by atoms with Crippen LogP contribution in [0.5, 0.6) is 5.75 Å². The predicted molar refractivity (Wildman–Crippen MR) is 75.8 cm³/mol. The van der Waals surface area contributed by atoms with Crippen molar-refractivity contribution in [3.8, 4) is 5.75 Å². The summed E-state index contributed by atoms with van der Waals surface area (Å²) in [7, 11) is 1.51. The van der Waals surface area contributed by atoms with E-state index in [-0.39, 0.29) is 29.7 Å². The predicted octanol–water partition coefficient (Wildman–Crippen LogP) is 1.60. The molecule has 1 amide bonds. The molecule has 1 atom stereocenters. The third-order valence-electron chi connectivity index (χ3n) is 3.18. The van der Waals surface area contributed by atoms with Gasteiger partial charge in [0.15, 0.2) is 0 Å². The number of anilines is 1. The summed E-state index contributed by atoms with van der Waals surface area (Å²) in [4.78, 5) is 24.7. The molecule has 1 rings (SSSR count). The Labute approximate surface area is 118 Å². The normalized spacial score (nSPS) is 11.8. The van der Waals surface area contributed by atoms with E-state index in [9.17, 15) is 9.59 Å². The Bertz CT molecular complexity index is 502. The van der Waals surface area contributed by atoms with E-state index in [1.54, 1.807) is 25.1 Å². The largest absolute Gasteiger partial charge is 0.497 e. The molecule has 6 heteroatoms. The fraction of sp³-hybridized carbons (Fsp3) is 0.429. The highest BCUT2D eigenvalue weighted by molar-refractivity contribution is 6.00. The lowest BCUT2D eigenvalue weighted by atomic mass is 10.1. The van der Waals surface area contributed by atoms with E-state index in [1.807, 2.05) is 6.92 Å². The molecule has 1 aromatic rings. The van der Waals surface area contributed by atoms with Crippen molar-refractivity contribution in [2.75, 3.05) is 19.4 Å². The number of carbonyl (C=O) groups excluding carboxylic acids is 1. The second-order valence-electron chi connectivity index (χ2n) is 4.54. The van der Waals surface area contributed by atoms with Crippen LogP contribution >= 0.6 is 0 Å². The number of carboxylic acid groups (broad SMARTS) is 1. The maximum Gasteiger partial charge on any atom is 0.323 e. The number of ether oxygens (including phenoxy) is 1. The molecule has 1 unspecified atom stereocenters. The van der Waals surface area contributed by atoms with Gasteiger partial charge in [-0.25, -0.2) is 0 Å². The van der Waals surface area contributed by atoms with Crippen LogP contribution in [0.1, 0.15) is 30.6 Å². The fourth-order valence-corrected chi connectivity index (χ4v) is 1.81. The van der Waals surface area contributed by atoms with E-state index in [0.29, 0.717) is 12.2 Å². The van der Waals surface area contributed by atoms with Gasteiger partial charge < -0.3 is 20.5 Å². The number of nitrogens with zero attached hydrogens (tertiary/aromatic N) is 1. The van der Waals surface area contributed by atoms with Gasteiger partial charge in [-0.15, -0.1) is 0 Å². The summed E-state index contributed by atoms with van der Waals surface area (Å²) in [5.41, 5.74) is 6.39. The Hall–Kier alpha value is -2.24. The minimum Gasteiger partial charge on any atom is -0.497 e. The molecule has 0 aliphatic carbocycles. The Balaban J connectivity index is 3.08. The van der Waals surface area contributed by atoms with Crippen molar-refractivity contribution in [1.82, 2.24) is 4.90 Å². The van der Waals surface area contributed by atoms with Crippen LogP contribution in [-0.2, 0) is 4.79 Å². The van der Waals surface area contributed by atoms with Crippen molar-refractivity contribution in [3.05, 3.63) is 23.8 Å². The second-order valence-corrected chi connectivity index (χ2v) is 4.54. The highest BCUT2D eigenvalue weighted by atomic mass is 16.5. The van der Waals surface area contributed by atoms with Gasteiger partial charge in [0.25, 0.3) is 5.91 Å². The third-order valence-corrected chi connectivity index (χ3v) is 3.18. The molecule has 3 N–H and O–H groups in total. The van der Waals surface area contributed by atoms with E-state index in [4.69, 9.17) is 15.6 Å². The number of methoxy groups -OCH3 is 1. The summed E-state index contributed by atoms with van der Waals surface area (Å²) in [6, 6.07) is 4.54. The summed E-state index contributed by atoms with van der Waals surface area (Å²) < 4.78 is 5.02. The van der Waals surface area contributed by atoms with Crippen LogP contribution in [0, 0.1) is 0 Å². The highest BCUT2D eigenvalue weighted by Crippen LogP contribution is 2.22. The summed E-state index contributed by atoms with van der Waals surface area (Å²) in [6.07, 6.45) is 0.662. The van der Waals surface area contributed by atoms with Gasteiger partial charge in [-0.1, -0.05) is 6.92 Å². The molecule has 0 bridgehead atoms. The molecule has 20 heavy (non-hydrogen) atoms. The first-order valence-electron chi connectivity index (χ1n) is 6.37. The molecular formula is C14H20N2O4. The number of benzene rings is 1. The van der Waals surface area contributed by atoms with E-state index in [0.717, 1.165) is 0 Å². The van der Waals surface area contributed by atoms with Crippen molar-refractivity contribution in [2.45, 2.75) is 26.3 Å². The Morgan fingerprint density at radius 2 is 2.10 bits per heavy atom. The topological polar surface area (TPSA) is 92.9 Å². The van der Waals surface area contributed by atoms with Gasteiger partial charge in [0.2, 0.25) is 0 Å². The zero-order valence-electron chi connectivity index (χ0n) is 11.9. The van der Waals surface area contributed by atoms with Crippen LogP contribution in [0.4, 0.5) is 5.69 Å². The smallest absolute Gasteiger partial charge is 0.323 e. The maximum absolute atomic E-state index is 12.4. The van der Waals surface area contributed by atoms with Crippen molar-refractivity contribution in [2.24, 2.45) is 0 Å². The molecule has 0 aliphatic heterocycles. The zero-order chi connectivity index (χ0) is 15.3. The van der Waals surface area contributed by atoms with E-state index < -0.39 is 5.97 Å². The molecule has 0 fully saturated rings. The zero-order valence-corrected chi connectivity index (χ0v) is 11.9. The van der Waals surface area contributed by atoms with Gasteiger partial charge >= 0.3 is 5.97 Å². The van der Waals surface area contributed by atoms with Gasteiger partial charge in [-0.05, 0) is 25.5 Å².